The van der Waals surface area contributed by atoms with Gasteiger partial charge < -0.3 is 10.2 Å². The molecule has 1 saturated carbocycles. The highest BCUT2D eigenvalue weighted by atomic mass is 32.2. The van der Waals surface area contributed by atoms with Crippen molar-refractivity contribution in [3.63, 3.8) is 0 Å². The molecule has 1 aromatic rings. The van der Waals surface area contributed by atoms with Crippen molar-refractivity contribution in [3.8, 4) is 0 Å². The van der Waals surface area contributed by atoms with Gasteiger partial charge in [0.15, 0.2) is 9.84 Å². The van der Waals surface area contributed by atoms with Crippen LogP contribution in [-0.2, 0) is 14.6 Å². The summed E-state index contributed by atoms with van der Waals surface area (Å²) in [5.41, 5.74) is 1.25. The van der Waals surface area contributed by atoms with E-state index >= 15 is 0 Å². The van der Waals surface area contributed by atoms with Crippen LogP contribution < -0.4 is 5.32 Å². The van der Waals surface area contributed by atoms with Crippen LogP contribution in [0.1, 0.15) is 48.9 Å². The molecular formula is C22H31N3O4S. The topological polar surface area (TPSA) is 86.8 Å². The number of sulfone groups is 1. The molecule has 0 radical (unpaired) electrons. The minimum Gasteiger partial charge on any atom is -0.336 e. The Bertz CT molecular complexity index is 887. The minimum atomic E-state index is -2.90. The van der Waals surface area contributed by atoms with Crippen molar-refractivity contribution in [3.05, 3.63) is 29.8 Å². The van der Waals surface area contributed by atoms with E-state index in [1.807, 2.05) is 17.0 Å². The Hall–Kier alpha value is -1.93. The second-order valence-electron chi connectivity index (χ2n) is 8.79. The number of piperazine rings is 1. The van der Waals surface area contributed by atoms with Gasteiger partial charge in [0.05, 0.1) is 11.5 Å². The van der Waals surface area contributed by atoms with E-state index in [-0.39, 0.29) is 35.3 Å². The standard InChI is InChI=1S/C22H31N3O4S/c26-21(17-5-2-1-3-6-17)23-19-8-4-7-18(15-19)22(27)25-12-10-24(11-13-25)20-9-14-30(28,29)16-20/h4,7-8,15,17,20H,1-3,5-6,9-14,16H2,(H,23,26). The summed E-state index contributed by atoms with van der Waals surface area (Å²) < 4.78 is 23.5. The second-order valence-corrected chi connectivity index (χ2v) is 11.0. The first-order valence-corrected chi connectivity index (χ1v) is 12.9. The largest absolute Gasteiger partial charge is 0.336 e. The van der Waals surface area contributed by atoms with Gasteiger partial charge in [-0.3, -0.25) is 14.5 Å². The number of anilines is 1. The lowest BCUT2D eigenvalue weighted by Crippen LogP contribution is -2.52. The van der Waals surface area contributed by atoms with Crippen molar-refractivity contribution in [2.45, 2.75) is 44.6 Å². The van der Waals surface area contributed by atoms with E-state index in [2.05, 4.69) is 10.2 Å². The fraction of sp³-hybridized carbons (Fsp3) is 0.636. The molecule has 1 aliphatic carbocycles. The first-order chi connectivity index (χ1) is 14.4. The van der Waals surface area contributed by atoms with E-state index in [0.29, 0.717) is 43.9 Å². The van der Waals surface area contributed by atoms with E-state index in [1.54, 1.807) is 12.1 Å². The van der Waals surface area contributed by atoms with Gasteiger partial charge in [-0.2, -0.15) is 0 Å². The van der Waals surface area contributed by atoms with E-state index in [1.165, 1.54) is 6.42 Å². The molecule has 0 spiro atoms. The number of nitrogens with one attached hydrogen (secondary N) is 1. The molecule has 4 rings (SSSR count). The molecule has 2 saturated heterocycles. The van der Waals surface area contributed by atoms with Crippen LogP contribution in [0.15, 0.2) is 24.3 Å². The summed E-state index contributed by atoms with van der Waals surface area (Å²) in [5.74, 6) is 0.604. The van der Waals surface area contributed by atoms with Crippen LogP contribution in [0.5, 0.6) is 0 Å². The molecule has 1 atom stereocenters. The second kappa shape index (κ2) is 9.06. The average Bonchev–Trinajstić information content (AvgIpc) is 3.14. The van der Waals surface area contributed by atoms with Crippen molar-refractivity contribution in [2.24, 2.45) is 5.92 Å². The maximum atomic E-state index is 13.0. The third-order valence-electron chi connectivity index (χ3n) is 6.68. The molecule has 3 aliphatic rings. The first kappa shape index (κ1) is 21.3. The Morgan fingerprint density at radius 1 is 0.967 bits per heavy atom. The molecule has 30 heavy (non-hydrogen) atoms. The van der Waals surface area contributed by atoms with Crippen LogP contribution >= 0.6 is 0 Å². The lowest BCUT2D eigenvalue weighted by Gasteiger charge is -2.37. The van der Waals surface area contributed by atoms with Crippen molar-refractivity contribution in [2.75, 3.05) is 43.0 Å². The van der Waals surface area contributed by atoms with Gasteiger partial charge in [-0.1, -0.05) is 25.3 Å². The van der Waals surface area contributed by atoms with E-state index in [4.69, 9.17) is 0 Å². The summed E-state index contributed by atoms with van der Waals surface area (Å²) in [7, 11) is -2.90. The predicted molar refractivity (Wildman–Crippen MR) is 116 cm³/mol. The Morgan fingerprint density at radius 3 is 2.37 bits per heavy atom. The number of hydrogen-bond donors (Lipinski definition) is 1. The summed E-state index contributed by atoms with van der Waals surface area (Å²) in [4.78, 5) is 29.5. The molecule has 3 fully saturated rings. The fourth-order valence-electron chi connectivity index (χ4n) is 4.88. The van der Waals surface area contributed by atoms with Crippen LogP contribution in [0.4, 0.5) is 5.69 Å². The van der Waals surface area contributed by atoms with Gasteiger partial charge in [-0.05, 0) is 37.5 Å². The Balaban J connectivity index is 1.33. The van der Waals surface area contributed by atoms with Crippen LogP contribution in [0.2, 0.25) is 0 Å². The lowest BCUT2D eigenvalue weighted by molar-refractivity contribution is -0.120. The van der Waals surface area contributed by atoms with Crippen molar-refractivity contribution in [1.82, 2.24) is 9.80 Å². The molecule has 164 valence electrons. The maximum Gasteiger partial charge on any atom is 0.254 e. The number of hydrogen-bond acceptors (Lipinski definition) is 5. The monoisotopic (exact) mass is 433 g/mol. The van der Waals surface area contributed by atoms with Crippen molar-refractivity contribution in [1.29, 1.82) is 0 Å². The van der Waals surface area contributed by atoms with E-state index in [9.17, 15) is 18.0 Å². The third kappa shape index (κ3) is 5.03. The van der Waals surface area contributed by atoms with Gasteiger partial charge in [-0.25, -0.2) is 8.42 Å². The molecule has 0 bridgehead atoms. The number of carbonyl (C=O) groups excluding carboxylic acids is 2. The van der Waals surface area contributed by atoms with Crippen LogP contribution in [0.25, 0.3) is 0 Å². The van der Waals surface area contributed by atoms with E-state index in [0.717, 1.165) is 25.7 Å². The fourth-order valence-corrected chi connectivity index (χ4v) is 6.64. The molecule has 1 N–H and O–H groups in total. The molecular weight excluding hydrogens is 402 g/mol. The zero-order chi connectivity index (χ0) is 21.1. The van der Waals surface area contributed by atoms with Gasteiger partial charge in [0.25, 0.3) is 5.91 Å². The highest BCUT2D eigenvalue weighted by Crippen LogP contribution is 2.25. The zero-order valence-corrected chi connectivity index (χ0v) is 18.2. The summed E-state index contributed by atoms with van der Waals surface area (Å²) in [6.45, 7) is 2.58. The number of amides is 2. The molecule has 0 aromatic heterocycles. The molecule has 2 aliphatic heterocycles. The average molecular weight is 434 g/mol. The highest BCUT2D eigenvalue weighted by molar-refractivity contribution is 7.91. The normalized spacial score (nSPS) is 25.2. The number of rotatable bonds is 4. The minimum absolute atomic E-state index is 0.0394. The molecule has 7 nitrogen and oxygen atoms in total. The summed E-state index contributed by atoms with van der Waals surface area (Å²) >= 11 is 0. The third-order valence-corrected chi connectivity index (χ3v) is 8.43. The number of benzene rings is 1. The summed E-state index contributed by atoms with van der Waals surface area (Å²) in [5, 5.41) is 2.99. The van der Waals surface area contributed by atoms with Crippen LogP contribution in [0.3, 0.4) is 0 Å². The van der Waals surface area contributed by atoms with Gasteiger partial charge in [0, 0.05) is 49.4 Å². The molecule has 2 amide bonds. The number of nitrogens with zero attached hydrogens (tertiary/aromatic N) is 2. The smallest absolute Gasteiger partial charge is 0.254 e. The van der Waals surface area contributed by atoms with Crippen molar-refractivity contribution < 1.29 is 18.0 Å². The van der Waals surface area contributed by atoms with Crippen LogP contribution in [0, 0.1) is 5.92 Å². The molecule has 1 unspecified atom stereocenters. The molecule has 8 heteroatoms. The maximum absolute atomic E-state index is 13.0. The Morgan fingerprint density at radius 2 is 1.70 bits per heavy atom. The predicted octanol–water partition coefficient (Wildman–Crippen LogP) is 2.15. The Labute approximate surface area is 178 Å². The lowest BCUT2D eigenvalue weighted by atomic mass is 9.88. The van der Waals surface area contributed by atoms with Gasteiger partial charge in [0.2, 0.25) is 5.91 Å². The summed E-state index contributed by atoms with van der Waals surface area (Å²) in [6.07, 6.45) is 6.00. The van der Waals surface area contributed by atoms with Crippen molar-refractivity contribution >= 4 is 27.3 Å². The zero-order valence-electron chi connectivity index (χ0n) is 17.4. The summed E-state index contributed by atoms with van der Waals surface area (Å²) in [6, 6.07) is 7.28. The highest BCUT2D eigenvalue weighted by Gasteiger charge is 2.34. The first-order valence-electron chi connectivity index (χ1n) is 11.1. The van der Waals surface area contributed by atoms with Gasteiger partial charge >= 0.3 is 0 Å². The molecule has 2 heterocycles. The van der Waals surface area contributed by atoms with Crippen LogP contribution in [-0.4, -0.2) is 73.8 Å². The SMILES string of the molecule is O=C(Nc1cccc(C(=O)N2CCN(C3CCS(=O)(=O)C3)CC2)c1)C1CCCCC1. The van der Waals surface area contributed by atoms with Gasteiger partial charge in [-0.15, -0.1) is 0 Å². The molecule has 1 aromatic carbocycles. The quantitative estimate of drug-likeness (QED) is 0.786. The Kier molecular flexibility index (Phi) is 6.43. The van der Waals surface area contributed by atoms with E-state index < -0.39 is 9.84 Å². The number of carbonyl (C=O) groups is 2. The van der Waals surface area contributed by atoms with Gasteiger partial charge in [0.1, 0.15) is 0 Å².